The zero-order chi connectivity index (χ0) is 25.6. The average Bonchev–Trinajstić information content (AvgIpc) is 3.22. The van der Waals surface area contributed by atoms with Crippen LogP contribution in [0.4, 0.5) is 5.69 Å². The van der Waals surface area contributed by atoms with Gasteiger partial charge in [0.2, 0.25) is 15.9 Å². The second kappa shape index (κ2) is 12.2. The van der Waals surface area contributed by atoms with Crippen LogP contribution >= 0.6 is 35.0 Å². The van der Waals surface area contributed by atoms with E-state index in [1.807, 2.05) is 16.7 Å². The van der Waals surface area contributed by atoms with E-state index in [-0.39, 0.29) is 27.3 Å². The number of benzene rings is 2. The topological polar surface area (TPSA) is 106 Å². The Morgan fingerprint density at radius 1 is 1.14 bits per heavy atom. The highest BCUT2D eigenvalue weighted by molar-refractivity contribution is 7.99. The van der Waals surface area contributed by atoms with Crippen LogP contribution < -0.4 is 5.32 Å². The summed E-state index contributed by atoms with van der Waals surface area (Å²) in [5, 5.41) is 12.7. The number of halogens is 2. The van der Waals surface area contributed by atoms with Gasteiger partial charge in [-0.1, -0.05) is 35.0 Å². The fourth-order valence-corrected chi connectivity index (χ4v) is 5.05. The van der Waals surface area contributed by atoms with Crippen molar-refractivity contribution in [3.8, 4) is 11.4 Å². The molecule has 0 saturated carbocycles. The van der Waals surface area contributed by atoms with Crippen molar-refractivity contribution >= 4 is 56.6 Å². The van der Waals surface area contributed by atoms with Crippen LogP contribution in [0.1, 0.15) is 6.42 Å². The van der Waals surface area contributed by atoms with Gasteiger partial charge in [0.15, 0.2) is 11.0 Å². The van der Waals surface area contributed by atoms with Crippen LogP contribution in [0.15, 0.2) is 52.5 Å². The molecular weight excluding hydrogens is 533 g/mol. The summed E-state index contributed by atoms with van der Waals surface area (Å²) in [6.45, 7) is 1.16. The maximum absolute atomic E-state index is 12.7. The third-order valence-electron chi connectivity index (χ3n) is 4.87. The Morgan fingerprint density at radius 2 is 1.86 bits per heavy atom. The molecule has 0 aliphatic carbocycles. The summed E-state index contributed by atoms with van der Waals surface area (Å²) < 4.78 is 33.0. The van der Waals surface area contributed by atoms with Gasteiger partial charge in [-0.25, -0.2) is 12.7 Å². The van der Waals surface area contributed by atoms with E-state index in [1.54, 1.807) is 19.2 Å². The lowest BCUT2D eigenvalue weighted by atomic mass is 10.2. The quantitative estimate of drug-likeness (QED) is 0.277. The van der Waals surface area contributed by atoms with E-state index in [0.717, 1.165) is 16.3 Å². The number of nitrogens with one attached hydrogen (secondary N) is 1. The van der Waals surface area contributed by atoms with Gasteiger partial charge in [0.05, 0.1) is 21.4 Å². The van der Waals surface area contributed by atoms with E-state index in [9.17, 15) is 13.2 Å². The lowest BCUT2D eigenvalue weighted by molar-refractivity contribution is -0.113. The number of ether oxygens (including phenoxy) is 1. The van der Waals surface area contributed by atoms with Gasteiger partial charge in [-0.3, -0.25) is 4.79 Å². The first-order chi connectivity index (χ1) is 16.6. The molecule has 2 aromatic carbocycles. The third-order valence-corrected chi connectivity index (χ3v) is 8.23. The maximum Gasteiger partial charge on any atom is 0.242 e. The van der Waals surface area contributed by atoms with Crippen molar-refractivity contribution in [2.75, 3.05) is 38.9 Å². The molecule has 1 amide bonds. The molecule has 1 heterocycles. The number of sulfonamides is 1. The number of carbonyl (C=O) groups is 1. The summed E-state index contributed by atoms with van der Waals surface area (Å²) in [7, 11) is 0.824. The Hall–Kier alpha value is -2.15. The second-order valence-corrected chi connectivity index (χ2v) is 11.5. The van der Waals surface area contributed by atoms with Crippen LogP contribution in [-0.4, -0.2) is 67.0 Å². The highest BCUT2D eigenvalue weighted by Crippen LogP contribution is 2.28. The molecule has 1 N–H and O–H groups in total. The van der Waals surface area contributed by atoms with Gasteiger partial charge < -0.3 is 14.6 Å². The van der Waals surface area contributed by atoms with Crippen LogP contribution in [0.2, 0.25) is 10.0 Å². The Kier molecular flexibility index (Phi) is 9.56. The van der Waals surface area contributed by atoms with E-state index >= 15 is 0 Å². The predicted octanol–water partition coefficient (Wildman–Crippen LogP) is 4.27. The van der Waals surface area contributed by atoms with Crippen molar-refractivity contribution in [2.45, 2.75) is 23.0 Å². The average molecular weight is 559 g/mol. The molecule has 3 rings (SSSR count). The van der Waals surface area contributed by atoms with E-state index < -0.39 is 10.0 Å². The molecule has 0 atom stereocenters. The number of amides is 1. The monoisotopic (exact) mass is 557 g/mol. The zero-order valence-corrected chi connectivity index (χ0v) is 22.5. The van der Waals surface area contributed by atoms with Crippen LogP contribution in [-0.2, 0) is 26.1 Å². The van der Waals surface area contributed by atoms with Gasteiger partial charge in [-0.2, -0.15) is 0 Å². The third kappa shape index (κ3) is 6.96. The van der Waals surface area contributed by atoms with Crippen LogP contribution in [0.3, 0.4) is 0 Å². The molecule has 3 aromatic rings. The fraction of sp³-hybridized carbons (Fsp3) is 0.318. The number of thioether (sulfide) groups is 1. The minimum atomic E-state index is -3.67. The summed E-state index contributed by atoms with van der Waals surface area (Å²) >= 11 is 13.4. The van der Waals surface area contributed by atoms with Gasteiger partial charge in [-0.15, -0.1) is 10.2 Å². The van der Waals surface area contributed by atoms with E-state index in [1.165, 1.54) is 44.1 Å². The Bertz CT molecular complexity index is 1280. The summed E-state index contributed by atoms with van der Waals surface area (Å²) in [4.78, 5) is 12.7. The molecule has 0 radical (unpaired) electrons. The zero-order valence-electron chi connectivity index (χ0n) is 19.4. The van der Waals surface area contributed by atoms with Crippen molar-refractivity contribution in [1.29, 1.82) is 0 Å². The maximum atomic E-state index is 12.7. The van der Waals surface area contributed by atoms with Crippen LogP contribution in [0, 0.1) is 0 Å². The Morgan fingerprint density at radius 3 is 2.51 bits per heavy atom. The normalized spacial score (nSPS) is 11.7. The molecule has 0 aliphatic heterocycles. The standard InChI is InChI=1S/C22H25Cl2N5O4S2/c1-28(2)35(31,32)17-9-10-18(24)19(13-17)25-20(30)14-34-22-27-26-21(29(22)11-4-12-33-3)15-5-7-16(23)8-6-15/h5-10,13H,4,11-12,14H2,1-3H3,(H,25,30). The molecule has 0 unspecified atom stereocenters. The first-order valence-corrected chi connectivity index (χ1v) is 13.6. The number of rotatable bonds is 11. The first-order valence-electron chi connectivity index (χ1n) is 10.5. The SMILES string of the molecule is COCCCn1c(SCC(=O)Nc2cc(S(=O)(=O)N(C)C)ccc2Cl)nnc1-c1ccc(Cl)cc1. The number of hydrogen-bond acceptors (Lipinski definition) is 7. The van der Waals surface area contributed by atoms with Crippen molar-refractivity contribution in [1.82, 2.24) is 19.1 Å². The number of nitrogens with zero attached hydrogens (tertiary/aromatic N) is 4. The van der Waals surface area contributed by atoms with E-state index in [0.29, 0.717) is 29.2 Å². The van der Waals surface area contributed by atoms with Crippen molar-refractivity contribution in [3.63, 3.8) is 0 Å². The van der Waals surface area contributed by atoms with Gasteiger partial charge in [0.1, 0.15) is 0 Å². The summed E-state index contributed by atoms with van der Waals surface area (Å²) in [5.74, 6) is 0.311. The number of carbonyl (C=O) groups excluding carboxylic acids is 1. The van der Waals surface area contributed by atoms with Crippen molar-refractivity contribution in [2.24, 2.45) is 0 Å². The fourth-order valence-electron chi connectivity index (χ4n) is 3.06. The van der Waals surface area contributed by atoms with Crippen molar-refractivity contribution < 1.29 is 17.9 Å². The summed E-state index contributed by atoms with van der Waals surface area (Å²) in [6, 6.07) is 11.4. The van der Waals surface area contributed by atoms with E-state index in [4.69, 9.17) is 27.9 Å². The van der Waals surface area contributed by atoms with Crippen molar-refractivity contribution in [3.05, 3.63) is 52.5 Å². The molecule has 13 heteroatoms. The highest BCUT2D eigenvalue weighted by atomic mass is 35.5. The highest BCUT2D eigenvalue weighted by Gasteiger charge is 2.20. The molecule has 0 bridgehead atoms. The van der Waals surface area contributed by atoms with Gasteiger partial charge in [0, 0.05) is 44.9 Å². The number of methoxy groups -OCH3 is 1. The van der Waals surface area contributed by atoms with Gasteiger partial charge in [-0.05, 0) is 48.9 Å². The second-order valence-electron chi connectivity index (χ2n) is 7.58. The number of anilines is 1. The van der Waals surface area contributed by atoms with E-state index in [2.05, 4.69) is 15.5 Å². The predicted molar refractivity (Wildman–Crippen MR) is 139 cm³/mol. The first kappa shape index (κ1) is 27.4. The Balaban J connectivity index is 1.76. The minimum Gasteiger partial charge on any atom is -0.385 e. The molecule has 0 saturated heterocycles. The smallest absolute Gasteiger partial charge is 0.242 e. The van der Waals surface area contributed by atoms with Crippen LogP contribution in [0.25, 0.3) is 11.4 Å². The Labute approximate surface area is 218 Å². The van der Waals surface area contributed by atoms with Gasteiger partial charge in [0.25, 0.3) is 0 Å². The molecule has 35 heavy (non-hydrogen) atoms. The van der Waals surface area contributed by atoms with Gasteiger partial charge >= 0.3 is 0 Å². The minimum absolute atomic E-state index is 0.0179. The molecule has 188 valence electrons. The molecule has 1 aromatic heterocycles. The molecule has 0 aliphatic rings. The van der Waals surface area contributed by atoms with Crippen LogP contribution in [0.5, 0.6) is 0 Å². The lowest BCUT2D eigenvalue weighted by Gasteiger charge is -2.14. The molecule has 0 spiro atoms. The largest absolute Gasteiger partial charge is 0.385 e. The molecule has 9 nitrogen and oxygen atoms in total. The summed E-state index contributed by atoms with van der Waals surface area (Å²) in [6.07, 6.45) is 0.734. The number of hydrogen-bond donors (Lipinski definition) is 1. The molecule has 0 fully saturated rings. The lowest BCUT2D eigenvalue weighted by Crippen LogP contribution is -2.22. The number of aromatic nitrogens is 3. The summed E-state index contributed by atoms with van der Waals surface area (Å²) in [5.41, 5.74) is 1.06. The molecular formula is C22H25Cl2N5O4S2.